The summed E-state index contributed by atoms with van der Waals surface area (Å²) in [6.07, 6.45) is 5.32. The zero-order valence-corrected chi connectivity index (χ0v) is 14.9. The topological polar surface area (TPSA) is 100 Å². The molecular formula is C20H22N4O3. The highest BCUT2D eigenvalue weighted by atomic mass is 16.5. The molecule has 0 atom stereocenters. The third-order valence-electron chi connectivity index (χ3n) is 4.98. The Labute approximate surface area is 156 Å². The minimum Gasteiger partial charge on any atom is -0.392 e. The lowest BCUT2D eigenvalue weighted by molar-refractivity contribution is 0.0642. The van der Waals surface area contributed by atoms with E-state index in [9.17, 15) is 9.90 Å². The second kappa shape index (κ2) is 7.85. The average molecular weight is 366 g/mol. The van der Waals surface area contributed by atoms with Crippen molar-refractivity contribution in [3.63, 3.8) is 0 Å². The Hall–Kier alpha value is -2.77. The highest BCUT2D eigenvalue weighted by molar-refractivity contribution is 6.05. The van der Waals surface area contributed by atoms with Gasteiger partial charge in [0.2, 0.25) is 0 Å². The van der Waals surface area contributed by atoms with Crippen molar-refractivity contribution in [3.05, 3.63) is 47.9 Å². The maximum atomic E-state index is 12.6. The predicted molar refractivity (Wildman–Crippen MR) is 101 cm³/mol. The van der Waals surface area contributed by atoms with E-state index in [2.05, 4.69) is 20.5 Å². The molecule has 0 spiro atoms. The number of rotatable bonds is 5. The Morgan fingerprint density at radius 1 is 1.22 bits per heavy atom. The second-order valence-electron chi connectivity index (χ2n) is 6.84. The number of H-pyrrole nitrogens is 1. The van der Waals surface area contributed by atoms with Crippen molar-refractivity contribution >= 4 is 16.8 Å². The summed E-state index contributed by atoms with van der Waals surface area (Å²) in [5.41, 5.74) is 3.75. The summed E-state index contributed by atoms with van der Waals surface area (Å²) in [4.78, 5) is 16.8. The van der Waals surface area contributed by atoms with Crippen LogP contribution in [0.1, 0.15) is 28.9 Å². The van der Waals surface area contributed by atoms with E-state index in [0.717, 1.165) is 53.6 Å². The Morgan fingerprint density at radius 2 is 2.07 bits per heavy atom. The van der Waals surface area contributed by atoms with Crippen molar-refractivity contribution in [3.8, 4) is 11.1 Å². The summed E-state index contributed by atoms with van der Waals surface area (Å²) in [5.74, 6) is 0.280. The number of aliphatic hydroxyl groups excluding tert-OH is 1. The van der Waals surface area contributed by atoms with Crippen molar-refractivity contribution in [1.82, 2.24) is 20.5 Å². The average Bonchev–Trinajstić information content (AvgIpc) is 3.16. The smallest absolute Gasteiger partial charge is 0.272 e. The van der Waals surface area contributed by atoms with Crippen LogP contribution in [0.25, 0.3) is 22.0 Å². The van der Waals surface area contributed by atoms with Crippen LogP contribution in [-0.2, 0) is 11.3 Å². The lowest BCUT2D eigenvalue weighted by Gasteiger charge is -2.21. The lowest BCUT2D eigenvalue weighted by Crippen LogP contribution is -2.32. The largest absolute Gasteiger partial charge is 0.392 e. The number of nitrogens with zero attached hydrogens (tertiary/aromatic N) is 2. The zero-order chi connectivity index (χ0) is 18.6. The van der Waals surface area contributed by atoms with Gasteiger partial charge >= 0.3 is 0 Å². The molecule has 27 heavy (non-hydrogen) atoms. The summed E-state index contributed by atoms with van der Waals surface area (Å²) >= 11 is 0. The van der Waals surface area contributed by atoms with Gasteiger partial charge in [0, 0.05) is 43.1 Å². The fourth-order valence-electron chi connectivity index (χ4n) is 3.37. The number of aliphatic hydroxyl groups is 1. The second-order valence-corrected chi connectivity index (χ2v) is 6.84. The van der Waals surface area contributed by atoms with Crippen molar-refractivity contribution in [1.29, 1.82) is 0 Å². The fraction of sp³-hybridized carbons (Fsp3) is 0.350. The van der Waals surface area contributed by atoms with E-state index >= 15 is 0 Å². The van der Waals surface area contributed by atoms with Crippen molar-refractivity contribution < 1.29 is 14.6 Å². The monoisotopic (exact) mass is 366 g/mol. The molecule has 1 aliphatic heterocycles. The van der Waals surface area contributed by atoms with Gasteiger partial charge in [-0.3, -0.25) is 14.9 Å². The summed E-state index contributed by atoms with van der Waals surface area (Å²) in [5, 5.41) is 20.2. The molecule has 1 aliphatic rings. The first-order valence-electron chi connectivity index (χ1n) is 9.14. The number of aromatic nitrogens is 3. The number of hydrogen-bond donors (Lipinski definition) is 3. The van der Waals surface area contributed by atoms with Gasteiger partial charge in [-0.2, -0.15) is 5.10 Å². The molecule has 1 saturated heterocycles. The number of amides is 1. The maximum Gasteiger partial charge on any atom is 0.272 e. The van der Waals surface area contributed by atoms with E-state index < -0.39 is 0 Å². The molecule has 3 N–H and O–H groups in total. The van der Waals surface area contributed by atoms with Crippen LogP contribution in [0.5, 0.6) is 0 Å². The van der Waals surface area contributed by atoms with E-state index in [1.54, 1.807) is 12.4 Å². The summed E-state index contributed by atoms with van der Waals surface area (Å²) in [6, 6.07) is 7.67. The van der Waals surface area contributed by atoms with E-state index in [0.29, 0.717) is 18.2 Å². The van der Waals surface area contributed by atoms with Crippen LogP contribution < -0.4 is 5.32 Å². The number of ether oxygens (including phenoxy) is 1. The highest BCUT2D eigenvalue weighted by Gasteiger charge is 2.18. The Morgan fingerprint density at radius 3 is 2.89 bits per heavy atom. The molecule has 140 valence electrons. The quantitative estimate of drug-likeness (QED) is 0.643. The van der Waals surface area contributed by atoms with Gasteiger partial charge in [0.1, 0.15) is 0 Å². The highest BCUT2D eigenvalue weighted by Crippen LogP contribution is 2.25. The number of nitrogens with one attached hydrogen (secondary N) is 2. The number of hydrogen-bond acceptors (Lipinski definition) is 5. The molecule has 1 aromatic carbocycles. The summed E-state index contributed by atoms with van der Waals surface area (Å²) in [7, 11) is 0. The molecule has 0 bridgehead atoms. The van der Waals surface area contributed by atoms with Crippen LogP contribution >= 0.6 is 0 Å². The van der Waals surface area contributed by atoms with Gasteiger partial charge in [-0.25, -0.2) is 0 Å². The van der Waals surface area contributed by atoms with Crippen LogP contribution in [0.2, 0.25) is 0 Å². The molecule has 7 nitrogen and oxygen atoms in total. The molecule has 4 rings (SSSR count). The number of carbonyl (C=O) groups excluding carboxylic acids is 1. The molecule has 1 fully saturated rings. The molecule has 3 aromatic rings. The van der Waals surface area contributed by atoms with Gasteiger partial charge < -0.3 is 15.2 Å². The van der Waals surface area contributed by atoms with Crippen molar-refractivity contribution in [2.24, 2.45) is 5.92 Å². The molecule has 2 aromatic heterocycles. The standard InChI is InChI=1S/C20H22N4O3/c25-12-14-7-16(11-21-9-14)15-1-2-18-17(8-15)19(24-23-18)20(26)22-10-13-3-5-27-6-4-13/h1-2,7-9,11,13,25H,3-6,10,12H2,(H,22,26)(H,23,24). The Kier molecular flexibility index (Phi) is 5.13. The van der Waals surface area contributed by atoms with Gasteiger partial charge in [0.25, 0.3) is 5.91 Å². The van der Waals surface area contributed by atoms with Gasteiger partial charge in [-0.15, -0.1) is 0 Å². The van der Waals surface area contributed by atoms with E-state index in [-0.39, 0.29) is 12.5 Å². The molecule has 0 unspecified atom stereocenters. The van der Waals surface area contributed by atoms with Gasteiger partial charge in [0.15, 0.2) is 5.69 Å². The third kappa shape index (κ3) is 3.84. The van der Waals surface area contributed by atoms with E-state index in [1.165, 1.54) is 0 Å². The minimum absolute atomic E-state index is 0.0609. The number of pyridine rings is 1. The minimum atomic E-state index is -0.174. The first kappa shape index (κ1) is 17.6. The number of fused-ring (bicyclic) bond motifs is 1. The van der Waals surface area contributed by atoms with E-state index in [4.69, 9.17) is 4.74 Å². The summed E-state index contributed by atoms with van der Waals surface area (Å²) in [6.45, 7) is 2.10. The van der Waals surface area contributed by atoms with Gasteiger partial charge in [-0.1, -0.05) is 6.07 Å². The van der Waals surface area contributed by atoms with Crippen LogP contribution in [0.4, 0.5) is 0 Å². The number of carbonyl (C=O) groups is 1. The van der Waals surface area contributed by atoms with Crippen molar-refractivity contribution in [2.75, 3.05) is 19.8 Å². The predicted octanol–water partition coefficient (Wildman–Crippen LogP) is 2.27. The number of benzene rings is 1. The van der Waals surface area contributed by atoms with Crippen LogP contribution in [0.15, 0.2) is 36.7 Å². The SMILES string of the molecule is O=C(NCC1CCOCC1)c1n[nH]c2ccc(-c3cncc(CO)c3)cc12. The van der Waals surface area contributed by atoms with Gasteiger partial charge in [0.05, 0.1) is 12.1 Å². The zero-order valence-electron chi connectivity index (χ0n) is 14.9. The molecule has 7 heteroatoms. The first-order valence-corrected chi connectivity index (χ1v) is 9.14. The molecule has 0 radical (unpaired) electrons. The van der Waals surface area contributed by atoms with Crippen molar-refractivity contribution in [2.45, 2.75) is 19.4 Å². The van der Waals surface area contributed by atoms with Crippen LogP contribution in [0.3, 0.4) is 0 Å². The number of aromatic amines is 1. The fourth-order valence-corrected chi connectivity index (χ4v) is 3.37. The molecule has 0 aliphatic carbocycles. The molecule has 0 saturated carbocycles. The molecule has 3 heterocycles. The van der Waals surface area contributed by atoms with Crippen LogP contribution in [0, 0.1) is 5.92 Å². The Bertz CT molecular complexity index is 947. The lowest BCUT2D eigenvalue weighted by atomic mass is 10.0. The normalized spacial score (nSPS) is 15.1. The first-order chi connectivity index (χ1) is 13.2. The van der Waals surface area contributed by atoms with Crippen LogP contribution in [-0.4, -0.2) is 46.0 Å². The summed E-state index contributed by atoms with van der Waals surface area (Å²) < 4.78 is 5.36. The third-order valence-corrected chi connectivity index (χ3v) is 4.98. The van der Waals surface area contributed by atoms with E-state index in [1.807, 2.05) is 24.3 Å². The van der Waals surface area contributed by atoms with Gasteiger partial charge in [-0.05, 0) is 48.1 Å². The molecule has 1 amide bonds. The molecular weight excluding hydrogens is 344 g/mol. The maximum absolute atomic E-state index is 12.6. The Balaban J connectivity index is 1.57.